The number of nitrogens with one attached hydrogen (secondary N) is 1. The van der Waals surface area contributed by atoms with E-state index in [9.17, 15) is 9.90 Å². The van der Waals surface area contributed by atoms with Crippen molar-refractivity contribution < 1.29 is 9.90 Å². The first kappa shape index (κ1) is 14.8. The Bertz CT molecular complexity index is 599. The summed E-state index contributed by atoms with van der Waals surface area (Å²) in [4.78, 5) is 12.2. The van der Waals surface area contributed by atoms with Crippen LogP contribution in [0, 0.1) is 6.92 Å². The van der Waals surface area contributed by atoms with Crippen LogP contribution in [0.1, 0.15) is 27.5 Å². The monoisotopic (exact) mass is 333 g/mol. The molecule has 0 unspecified atom stereocenters. The molecule has 2 aromatic rings. The zero-order valence-corrected chi connectivity index (χ0v) is 12.7. The average molecular weight is 334 g/mol. The molecule has 0 aromatic heterocycles. The third-order valence-electron chi connectivity index (χ3n) is 3.12. The Labute approximate surface area is 126 Å². The van der Waals surface area contributed by atoms with Gasteiger partial charge in [-0.05, 0) is 30.2 Å². The molecule has 0 aliphatic carbocycles. The van der Waals surface area contributed by atoms with Crippen molar-refractivity contribution in [3.8, 4) is 0 Å². The summed E-state index contributed by atoms with van der Waals surface area (Å²) in [6.45, 7) is 1.83. The van der Waals surface area contributed by atoms with E-state index in [0.29, 0.717) is 5.56 Å². The number of aliphatic hydroxyl groups excluding tert-OH is 1. The molecule has 0 spiro atoms. The lowest BCUT2D eigenvalue weighted by molar-refractivity contribution is 0.0916. The van der Waals surface area contributed by atoms with Gasteiger partial charge in [0.15, 0.2) is 0 Å². The molecule has 20 heavy (non-hydrogen) atoms. The molecule has 0 radical (unpaired) electrons. The maximum absolute atomic E-state index is 12.2. The second kappa shape index (κ2) is 6.68. The van der Waals surface area contributed by atoms with Crippen molar-refractivity contribution in [2.75, 3.05) is 6.61 Å². The van der Waals surface area contributed by atoms with Gasteiger partial charge >= 0.3 is 0 Å². The van der Waals surface area contributed by atoms with Crippen molar-refractivity contribution in [2.24, 2.45) is 0 Å². The van der Waals surface area contributed by atoms with Gasteiger partial charge in [-0.15, -0.1) is 0 Å². The van der Waals surface area contributed by atoms with Crippen molar-refractivity contribution in [2.45, 2.75) is 13.0 Å². The summed E-state index contributed by atoms with van der Waals surface area (Å²) in [6.07, 6.45) is 0. The average Bonchev–Trinajstić information content (AvgIpc) is 2.48. The second-order valence-corrected chi connectivity index (χ2v) is 5.44. The molecule has 0 fully saturated rings. The van der Waals surface area contributed by atoms with Crippen LogP contribution in [0.4, 0.5) is 0 Å². The van der Waals surface area contributed by atoms with E-state index >= 15 is 0 Å². The fourth-order valence-corrected chi connectivity index (χ4v) is 2.27. The Hall–Kier alpha value is -1.65. The van der Waals surface area contributed by atoms with Crippen LogP contribution in [0.3, 0.4) is 0 Å². The third kappa shape index (κ3) is 3.46. The Balaban J connectivity index is 2.15. The largest absolute Gasteiger partial charge is 0.394 e. The molecular weight excluding hydrogens is 318 g/mol. The molecule has 2 N–H and O–H groups in total. The molecular formula is C16H16BrNO2. The number of rotatable bonds is 4. The van der Waals surface area contributed by atoms with Crippen LogP contribution in [0.2, 0.25) is 0 Å². The summed E-state index contributed by atoms with van der Waals surface area (Å²) < 4.78 is 0.894. The first-order valence-electron chi connectivity index (χ1n) is 6.34. The van der Waals surface area contributed by atoms with Crippen LogP contribution in [-0.2, 0) is 0 Å². The quantitative estimate of drug-likeness (QED) is 0.902. The van der Waals surface area contributed by atoms with Gasteiger partial charge in [-0.25, -0.2) is 0 Å². The lowest BCUT2D eigenvalue weighted by Gasteiger charge is -2.17. The SMILES string of the molecule is Cc1ccc(C(=O)N[C@@H](CO)c2ccccc2)cc1Br. The van der Waals surface area contributed by atoms with Crippen molar-refractivity contribution in [3.05, 3.63) is 69.7 Å². The van der Waals surface area contributed by atoms with E-state index in [0.717, 1.165) is 15.6 Å². The predicted molar refractivity (Wildman–Crippen MR) is 82.6 cm³/mol. The number of halogens is 1. The molecule has 2 rings (SSSR count). The Morgan fingerprint density at radius 1 is 1.25 bits per heavy atom. The number of benzene rings is 2. The summed E-state index contributed by atoms with van der Waals surface area (Å²) >= 11 is 3.41. The van der Waals surface area contributed by atoms with Crippen molar-refractivity contribution >= 4 is 21.8 Å². The van der Waals surface area contributed by atoms with Crippen LogP contribution >= 0.6 is 15.9 Å². The molecule has 104 valence electrons. The van der Waals surface area contributed by atoms with Crippen LogP contribution in [-0.4, -0.2) is 17.6 Å². The van der Waals surface area contributed by atoms with Crippen LogP contribution in [0.5, 0.6) is 0 Å². The highest BCUT2D eigenvalue weighted by molar-refractivity contribution is 9.10. The molecule has 2 aromatic carbocycles. The summed E-state index contributed by atoms with van der Waals surface area (Å²) in [6, 6.07) is 14.5. The number of aryl methyl sites for hydroxylation is 1. The van der Waals surface area contributed by atoms with Gasteiger partial charge in [0, 0.05) is 10.0 Å². The molecule has 1 atom stereocenters. The summed E-state index contributed by atoms with van der Waals surface area (Å²) in [5.74, 6) is -0.200. The zero-order valence-electron chi connectivity index (χ0n) is 11.1. The van der Waals surface area contributed by atoms with Gasteiger partial charge in [0.25, 0.3) is 5.91 Å². The molecule has 0 aliphatic rings. The van der Waals surface area contributed by atoms with Gasteiger partial charge in [0.05, 0.1) is 12.6 Å². The molecule has 0 saturated carbocycles. The molecule has 3 nitrogen and oxygen atoms in total. The number of carbonyl (C=O) groups is 1. The standard InChI is InChI=1S/C16H16BrNO2/c1-11-7-8-13(9-14(11)17)16(20)18-15(10-19)12-5-3-2-4-6-12/h2-9,15,19H,10H2,1H3,(H,18,20)/t15-/m0/s1. The summed E-state index contributed by atoms with van der Waals surface area (Å²) in [5, 5.41) is 12.3. The fraction of sp³-hybridized carbons (Fsp3) is 0.188. The van der Waals surface area contributed by atoms with E-state index in [1.165, 1.54) is 0 Å². The van der Waals surface area contributed by atoms with Gasteiger partial charge < -0.3 is 10.4 Å². The van der Waals surface area contributed by atoms with E-state index in [1.54, 1.807) is 12.1 Å². The normalized spacial score (nSPS) is 11.9. The molecule has 4 heteroatoms. The molecule has 0 saturated heterocycles. The lowest BCUT2D eigenvalue weighted by atomic mass is 10.1. The van der Waals surface area contributed by atoms with Gasteiger partial charge in [0.2, 0.25) is 0 Å². The van der Waals surface area contributed by atoms with Crippen molar-refractivity contribution in [3.63, 3.8) is 0 Å². The predicted octanol–water partition coefficient (Wildman–Crippen LogP) is 3.22. The van der Waals surface area contributed by atoms with Crippen LogP contribution < -0.4 is 5.32 Å². The smallest absolute Gasteiger partial charge is 0.251 e. The highest BCUT2D eigenvalue weighted by atomic mass is 79.9. The molecule has 0 aliphatic heterocycles. The van der Waals surface area contributed by atoms with Gasteiger partial charge in [0.1, 0.15) is 0 Å². The Morgan fingerprint density at radius 3 is 2.55 bits per heavy atom. The third-order valence-corrected chi connectivity index (χ3v) is 3.98. The number of amides is 1. The lowest BCUT2D eigenvalue weighted by Crippen LogP contribution is -2.30. The molecule has 1 amide bonds. The summed E-state index contributed by atoms with van der Waals surface area (Å²) in [5.41, 5.74) is 2.52. The van der Waals surface area contributed by atoms with Gasteiger partial charge in [-0.1, -0.05) is 52.3 Å². The maximum Gasteiger partial charge on any atom is 0.251 e. The van der Waals surface area contributed by atoms with E-state index in [-0.39, 0.29) is 12.5 Å². The first-order valence-corrected chi connectivity index (χ1v) is 7.14. The van der Waals surface area contributed by atoms with Gasteiger partial charge in [-0.3, -0.25) is 4.79 Å². The van der Waals surface area contributed by atoms with Crippen molar-refractivity contribution in [1.29, 1.82) is 0 Å². The topological polar surface area (TPSA) is 49.3 Å². The Morgan fingerprint density at radius 2 is 1.95 bits per heavy atom. The number of carbonyl (C=O) groups excluding carboxylic acids is 1. The highest BCUT2D eigenvalue weighted by Crippen LogP contribution is 2.18. The van der Waals surface area contributed by atoms with Crippen LogP contribution in [0.15, 0.2) is 53.0 Å². The van der Waals surface area contributed by atoms with Gasteiger partial charge in [-0.2, -0.15) is 0 Å². The highest BCUT2D eigenvalue weighted by Gasteiger charge is 2.15. The number of aliphatic hydroxyl groups is 1. The Kier molecular flexibility index (Phi) is 4.93. The van der Waals surface area contributed by atoms with E-state index in [4.69, 9.17) is 0 Å². The fourth-order valence-electron chi connectivity index (χ4n) is 1.90. The zero-order chi connectivity index (χ0) is 14.5. The van der Waals surface area contributed by atoms with E-state index in [1.807, 2.05) is 43.3 Å². The maximum atomic E-state index is 12.2. The number of hydrogen-bond acceptors (Lipinski definition) is 2. The molecule has 0 heterocycles. The first-order chi connectivity index (χ1) is 9.61. The molecule has 0 bridgehead atoms. The summed E-state index contributed by atoms with van der Waals surface area (Å²) in [7, 11) is 0. The minimum absolute atomic E-state index is 0.136. The minimum Gasteiger partial charge on any atom is -0.394 e. The minimum atomic E-state index is -0.399. The number of hydrogen-bond donors (Lipinski definition) is 2. The van der Waals surface area contributed by atoms with E-state index < -0.39 is 6.04 Å². The second-order valence-electron chi connectivity index (χ2n) is 4.58. The van der Waals surface area contributed by atoms with Crippen LogP contribution in [0.25, 0.3) is 0 Å². The van der Waals surface area contributed by atoms with Crippen molar-refractivity contribution in [1.82, 2.24) is 5.32 Å². The van der Waals surface area contributed by atoms with E-state index in [2.05, 4.69) is 21.2 Å².